The van der Waals surface area contributed by atoms with Gasteiger partial charge in [0, 0.05) is 10.9 Å². The number of carbonyl (C=O) groups is 2. The molecule has 0 aliphatic rings. The van der Waals surface area contributed by atoms with E-state index >= 15 is 0 Å². The maximum Gasteiger partial charge on any atom is 0.417 e. The fourth-order valence-electron chi connectivity index (χ4n) is 4.74. The summed E-state index contributed by atoms with van der Waals surface area (Å²) in [4.78, 5) is 28.6. The molecule has 220 valence electrons. The smallest absolute Gasteiger partial charge is 0.302 e. The Morgan fingerprint density at radius 1 is 0.610 bits per heavy atom. The zero-order valence-electron chi connectivity index (χ0n) is 23.4. The van der Waals surface area contributed by atoms with Crippen molar-refractivity contribution in [3.8, 4) is 0 Å². The van der Waals surface area contributed by atoms with E-state index in [-0.39, 0.29) is 23.3 Å². The molecule has 0 saturated carbocycles. The van der Waals surface area contributed by atoms with Crippen molar-refractivity contribution in [3.63, 3.8) is 0 Å². The average Bonchev–Trinajstić information content (AvgIpc) is 2.89. The molecule has 3 aromatic rings. The van der Waals surface area contributed by atoms with Crippen molar-refractivity contribution in [1.82, 2.24) is 0 Å². The van der Waals surface area contributed by atoms with Crippen LogP contribution in [0.5, 0.6) is 0 Å². The molecule has 0 heterocycles. The predicted molar refractivity (Wildman–Crippen MR) is 147 cm³/mol. The van der Waals surface area contributed by atoms with Crippen LogP contribution in [0.15, 0.2) is 60.7 Å². The summed E-state index contributed by atoms with van der Waals surface area (Å²) in [6.45, 7) is 10.9. The largest absolute Gasteiger partial charge is 0.417 e. The Hall–Kier alpha value is -3.19. The van der Waals surface area contributed by atoms with Gasteiger partial charge in [0.1, 0.15) is 0 Å². The summed E-state index contributed by atoms with van der Waals surface area (Å²) >= 11 is 0. The highest BCUT2D eigenvalue weighted by atomic mass is 31.2. The molecule has 3 aromatic carbocycles. The number of benzene rings is 3. The molecule has 0 spiro atoms. The lowest BCUT2D eigenvalue weighted by Crippen LogP contribution is -2.27. The molecule has 0 aromatic heterocycles. The summed E-state index contributed by atoms with van der Waals surface area (Å²) in [5, 5.41) is -0.447. The first-order valence-corrected chi connectivity index (χ1v) is 14.7. The average molecular weight is 597 g/mol. The third kappa shape index (κ3) is 6.20. The number of rotatable bonds is 8. The van der Waals surface area contributed by atoms with Gasteiger partial charge in [-0.2, -0.15) is 26.3 Å². The van der Waals surface area contributed by atoms with Crippen molar-refractivity contribution < 1.29 is 40.5 Å². The number of halogens is 6. The maximum atomic E-state index is 14.9. The minimum Gasteiger partial charge on any atom is -0.302 e. The summed E-state index contributed by atoms with van der Waals surface area (Å²) in [6, 6.07) is 10.9. The van der Waals surface area contributed by atoms with Crippen molar-refractivity contribution in [3.05, 3.63) is 99.6 Å². The first kappa shape index (κ1) is 32.3. The second-order valence-electron chi connectivity index (χ2n) is 10.8. The van der Waals surface area contributed by atoms with Gasteiger partial charge in [-0.1, -0.05) is 90.1 Å². The van der Waals surface area contributed by atoms with E-state index in [2.05, 4.69) is 0 Å². The van der Waals surface area contributed by atoms with Gasteiger partial charge in [0.05, 0.1) is 16.7 Å². The van der Waals surface area contributed by atoms with Gasteiger partial charge in [0.15, 0.2) is 0 Å². The number of hydrogen-bond acceptors (Lipinski definition) is 3. The summed E-state index contributed by atoms with van der Waals surface area (Å²) < 4.78 is 99.3. The van der Waals surface area contributed by atoms with Gasteiger partial charge < -0.3 is 4.57 Å². The predicted octanol–water partition coefficient (Wildman–Crippen LogP) is 9.76. The first-order valence-electron chi connectivity index (χ1n) is 13.0. The maximum absolute atomic E-state index is 14.9. The van der Waals surface area contributed by atoms with Crippen LogP contribution in [0.2, 0.25) is 0 Å². The van der Waals surface area contributed by atoms with E-state index in [1.165, 1.54) is 18.2 Å². The Bertz CT molecular complexity index is 1440. The van der Waals surface area contributed by atoms with Gasteiger partial charge >= 0.3 is 12.4 Å². The molecule has 0 N–H and O–H groups in total. The van der Waals surface area contributed by atoms with E-state index in [4.69, 9.17) is 0 Å². The van der Waals surface area contributed by atoms with Crippen molar-refractivity contribution in [2.75, 3.05) is 0 Å². The Labute approximate surface area is 235 Å². The third-order valence-electron chi connectivity index (χ3n) is 6.93. The first-order chi connectivity index (χ1) is 18.8. The number of hydrogen-bond donors (Lipinski definition) is 0. The standard InChI is InChI=1S/C31H31F6O3P/c1-17(2)20-15-22(18(3)4)26(23(16-20)19(5)6)28(38)41(40,21-11-8-7-9-12-21)29(39)27-24(30(32,33)34)13-10-14-25(27)31(35,36)37/h7-19H,1-6H3. The van der Waals surface area contributed by atoms with E-state index in [9.17, 15) is 40.5 Å². The molecular weight excluding hydrogens is 565 g/mol. The van der Waals surface area contributed by atoms with Crippen molar-refractivity contribution in [1.29, 1.82) is 0 Å². The SMILES string of the molecule is CC(C)c1cc(C(C)C)c(C(=O)P(=O)(C(=O)c2c(C(F)(F)F)cccc2C(F)(F)F)c2ccccc2)c(C(C)C)c1. The van der Waals surface area contributed by atoms with Crippen molar-refractivity contribution in [2.24, 2.45) is 0 Å². The molecule has 10 heteroatoms. The number of alkyl halides is 6. The molecule has 0 aliphatic heterocycles. The van der Waals surface area contributed by atoms with Crippen LogP contribution in [0, 0.1) is 0 Å². The second-order valence-corrected chi connectivity index (χ2v) is 13.4. The molecule has 1 atom stereocenters. The fourth-order valence-corrected chi connectivity index (χ4v) is 7.11. The van der Waals surface area contributed by atoms with Crippen LogP contribution in [0.4, 0.5) is 26.3 Å². The molecule has 0 saturated heterocycles. The summed E-state index contributed by atoms with van der Waals surface area (Å²) in [6.07, 6.45) is -10.8. The highest BCUT2D eigenvalue weighted by Crippen LogP contribution is 2.55. The lowest BCUT2D eigenvalue weighted by Gasteiger charge is -2.26. The van der Waals surface area contributed by atoms with Crippen LogP contribution in [-0.2, 0) is 16.9 Å². The van der Waals surface area contributed by atoms with E-state index in [1.807, 2.05) is 13.8 Å². The van der Waals surface area contributed by atoms with Gasteiger partial charge in [-0.05, 0) is 46.6 Å². The van der Waals surface area contributed by atoms with E-state index in [1.54, 1.807) is 39.8 Å². The Balaban J connectivity index is 2.51. The van der Waals surface area contributed by atoms with Crippen molar-refractivity contribution in [2.45, 2.75) is 71.6 Å². The van der Waals surface area contributed by atoms with Gasteiger partial charge in [0.25, 0.3) is 0 Å². The fraction of sp³-hybridized carbons (Fsp3) is 0.355. The molecule has 3 rings (SSSR count). The van der Waals surface area contributed by atoms with Gasteiger partial charge in [-0.3, -0.25) is 9.59 Å². The highest BCUT2D eigenvalue weighted by Gasteiger charge is 2.51. The Morgan fingerprint density at radius 2 is 1.02 bits per heavy atom. The van der Waals surface area contributed by atoms with Crippen LogP contribution in [0.1, 0.15) is 108 Å². The number of carbonyl (C=O) groups excluding carboxylic acids is 2. The van der Waals surface area contributed by atoms with E-state index in [0.717, 1.165) is 17.7 Å². The van der Waals surface area contributed by atoms with Crippen molar-refractivity contribution >= 4 is 23.5 Å². The van der Waals surface area contributed by atoms with Gasteiger partial charge in [-0.15, -0.1) is 0 Å². The molecule has 0 aliphatic carbocycles. The molecule has 0 amide bonds. The van der Waals surface area contributed by atoms with Crippen LogP contribution in [0.3, 0.4) is 0 Å². The van der Waals surface area contributed by atoms with Crippen LogP contribution >= 0.6 is 7.14 Å². The minimum absolute atomic E-state index is 0.0183. The summed E-state index contributed by atoms with van der Waals surface area (Å²) in [7, 11) is -5.34. The zero-order chi connectivity index (χ0) is 31.1. The van der Waals surface area contributed by atoms with Gasteiger partial charge in [-0.25, -0.2) is 0 Å². The molecule has 3 nitrogen and oxygen atoms in total. The lowest BCUT2D eigenvalue weighted by molar-refractivity contribution is -0.143. The Morgan fingerprint density at radius 3 is 1.39 bits per heavy atom. The molecule has 0 radical (unpaired) electrons. The molecular formula is C31H31F6O3P. The molecule has 1 unspecified atom stereocenters. The van der Waals surface area contributed by atoms with Crippen LogP contribution in [0.25, 0.3) is 0 Å². The third-order valence-corrected chi connectivity index (χ3v) is 9.54. The summed E-state index contributed by atoms with van der Waals surface area (Å²) in [5.41, 5.74) is -7.40. The van der Waals surface area contributed by atoms with Gasteiger partial charge in [0.2, 0.25) is 18.2 Å². The highest BCUT2D eigenvalue weighted by molar-refractivity contribution is 8.01. The van der Waals surface area contributed by atoms with Crippen LogP contribution < -0.4 is 5.30 Å². The van der Waals surface area contributed by atoms with E-state index in [0.29, 0.717) is 29.3 Å². The molecule has 0 bridgehead atoms. The van der Waals surface area contributed by atoms with E-state index < -0.39 is 52.5 Å². The zero-order valence-corrected chi connectivity index (χ0v) is 24.3. The summed E-state index contributed by atoms with van der Waals surface area (Å²) in [5.74, 6) is -0.680. The monoisotopic (exact) mass is 596 g/mol. The minimum atomic E-state index is -5.40. The Kier molecular flexibility index (Phi) is 9.14. The van der Waals surface area contributed by atoms with Crippen LogP contribution in [-0.4, -0.2) is 11.0 Å². The topological polar surface area (TPSA) is 51.2 Å². The quantitative estimate of drug-likeness (QED) is 0.192. The lowest BCUT2D eigenvalue weighted by atomic mass is 9.85. The molecule has 41 heavy (non-hydrogen) atoms. The second kappa shape index (κ2) is 11.6. The normalized spacial score (nSPS) is 14.0. The molecule has 0 fully saturated rings.